The first-order chi connectivity index (χ1) is 12.8. The molecular weight excluding hydrogens is 443 g/mol. The predicted octanol–water partition coefficient (Wildman–Crippen LogP) is 4.35. The Morgan fingerprint density at radius 2 is 1.42 bits per heavy atom. The Kier molecular flexibility index (Phi) is 7.88. The molecule has 0 amide bonds. The number of halogens is 1. The third-order valence-corrected chi connectivity index (χ3v) is 5.36. The van der Waals surface area contributed by atoms with E-state index in [4.69, 9.17) is 18.9 Å². The fraction of sp³-hybridized carbons (Fsp3) is 0.429. The molecule has 1 saturated heterocycles. The molecule has 0 spiro atoms. The van der Waals surface area contributed by atoms with Gasteiger partial charge in [0.15, 0.2) is 6.29 Å². The van der Waals surface area contributed by atoms with Gasteiger partial charge in [-0.1, -0.05) is 83.3 Å². The van der Waals surface area contributed by atoms with Crippen molar-refractivity contribution in [2.24, 2.45) is 0 Å². The molecule has 1 aliphatic rings. The van der Waals surface area contributed by atoms with E-state index in [1.54, 1.807) is 7.11 Å². The van der Waals surface area contributed by atoms with Gasteiger partial charge in [-0.05, 0) is 11.1 Å². The average Bonchev–Trinajstić information content (AvgIpc) is 2.72. The van der Waals surface area contributed by atoms with Crippen LogP contribution in [0.2, 0.25) is 0 Å². The summed E-state index contributed by atoms with van der Waals surface area (Å²) in [4.78, 5) is 0. The molecule has 1 aliphatic heterocycles. The molecule has 0 aliphatic carbocycles. The highest BCUT2D eigenvalue weighted by Gasteiger charge is 2.39. The molecule has 0 bridgehead atoms. The van der Waals surface area contributed by atoms with Gasteiger partial charge in [-0.25, -0.2) is 0 Å². The standard InChI is InChI=1S/C21H25IO4/c1-23-21-19(25-15-17-10-6-3-7-11-17)12-18(20(13-22)26-21)24-14-16-8-4-2-5-9-16/h2-11,18-21H,12-15H2,1H3/t18-,19-,20+,21-/m0/s1. The summed E-state index contributed by atoms with van der Waals surface area (Å²) in [7, 11) is 1.67. The number of rotatable bonds is 8. The number of methoxy groups -OCH3 is 1. The first kappa shape index (κ1) is 19.8. The van der Waals surface area contributed by atoms with E-state index in [9.17, 15) is 0 Å². The number of alkyl halides is 1. The topological polar surface area (TPSA) is 36.9 Å². The van der Waals surface area contributed by atoms with Crippen molar-refractivity contribution in [3.8, 4) is 0 Å². The van der Waals surface area contributed by atoms with Crippen LogP contribution in [-0.2, 0) is 32.2 Å². The van der Waals surface area contributed by atoms with Crippen LogP contribution in [0.5, 0.6) is 0 Å². The molecule has 26 heavy (non-hydrogen) atoms. The van der Waals surface area contributed by atoms with Crippen molar-refractivity contribution in [3.63, 3.8) is 0 Å². The molecule has 1 fully saturated rings. The monoisotopic (exact) mass is 468 g/mol. The molecule has 0 aromatic heterocycles. The maximum Gasteiger partial charge on any atom is 0.183 e. The zero-order chi connectivity index (χ0) is 18.2. The lowest BCUT2D eigenvalue weighted by molar-refractivity contribution is -0.270. The predicted molar refractivity (Wildman–Crippen MR) is 109 cm³/mol. The van der Waals surface area contributed by atoms with Crippen LogP contribution in [0, 0.1) is 0 Å². The van der Waals surface area contributed by atoms with Crippen molar-refractivity contribution >= 4 is 22.6 Å². The molecule has 5 heteroatoms. The van der Waals surface area contributed by atoms with Crippen LogP contribution < -0.4 is 0 Å². The first-order valence-electron chi connectivity index (χ1n) is 8.85. The Morgan fingerprint density at radius 3 is 1.92 bits per heavy atom. The Labute approximate surface area is 168 Å². The minimum absolute atomic E-state index is 0.000775. The minimum atomic E-state index is -0.366. The zero-order valence-corrected chi connectivity index (χ0v) is 17.1. The average molecular weight is 468 g/mol. The molecule has 0 radical (unpaired) electrons. The molecule has 4 atom stereocenters. The van der Waals surface area contributed by atoms with Crippen LogP contribution in [-0.4, -0.2) is 36.1 Å². The van der Waals surface area contributed by atoms with Gasteiger partial charge in [-0.15, -0.1) is 0 Å². The van der Waals surface area contributed by atoms with E-state index < -0.39 is 0 Å². The fourth-order valence-corrected chi connectivity index (χ4v) is 3.83. The number of hydrogen-bond donors (Lipinski definition) is 0. The van der Waals surface area contributed by atoms with E-state index in [0.29, 0.717) is 13.2 Å². The highest BCUT2D eigenvalue weighted by atomic mass is 127. The largest absolute Gasteiger partial charge is 0.371 e. The second-order valence-corrected chi connectivity index (χ2v) is 7.22. The summed E-state index contributed by atoms with van der Waals surface area (Å²) in [5.74, 6) is 0. The van der Waals surface area contributed by atoms with E-state index in [1.165, 1.54) is 0 Å². The lowest BCUT2D eigenvalue weighted by atomic mass is 10.0. The van der Waals surface area contributed by atoms with Gasteiger partial charge in [0.2, 0.25) is 0 Å². The third kappa shape index (κ3) is 5.50. The van der Waals surface area contributed by atoms with E-state index in [-0.39, 0.29) is 24.6 Å². The Hall–Kier alpha value is -0.990. The molecule has 0 saturated carbocycles. The van der Waals surface area contributed by atoms with Gasteiger partial charge in [0.25, 0.3) is 0 Å². The lowest BCUT2D eigenvalue weighted by Gasteiger charge is -2.40. The van der Waals surface area contributed by atoms with Gasteiger partial charge in [-0.3, -0.25) is 0 Å². The molecule has 0 unspecified atom stereocenters. The van der Waals surface area contributed by atoms with Gasteiger partial charge in [-0.2, -0.15) is 0 Å². The van der Waals surface area contributed by atoms with Gasteiger partial charge in [0.05, 0.1) is 25.4 Å². The van der Waals surface area contributed by atoms with E-state index >= 15 is 0 Å². The summed E-state index contributed by atoms with van der Waals surface area (Å²) in [6, 6.07) is 20.4. The van der Waals surface area contributed by atoms with Gasteiger partial charge < -0.3 is 18.9 Å². The summed E-state index contributed by atoms with van der Waals surface area (Å²) in [5.41, 5.74) is 2.30. The molecule has 2 aromatic carbocycles. The van der Waals surface area contributed by atoms with Crippen LogP contribution in [0.3, 0.4) is 0 Å². The second kappa shape index (κ2) is 10.4. The van der Waals surface area contributed by atoms with Crippen LogP contribution in [0.1, 0.15) is 17.5 Å². The minimum Gasteiger partial charge on any atom is -0.371 e. The number of ether oxygens (including phenoxy) is 4. The molecule has 4 nitrogen and oxygen atoms in total. The molecule has 1 heterocycles. The van der Waals surface area contributed by atoms with Crippen LogP contribution >= 0.6 is 22.6 Å². The number of benzene rings is 2. The second-order valence-electron chi connectivity index (χ2n) is 6.34. The molecular formula is C21H25IO4. The van der Waals surface area contributed by atoms with Gasteiger partial charge in [0.1, 0.15) is 6.10 Å². The molecule has 2 aromatic rings. The van der Waals surface area contributed by atoms with Crippen LogP contribution in [0.15, 0.2) is 60.7 Å². The highest BCUT2D eigenvalue weighted by Crippen LogP contribution is 2.28. The van der Waals surface area contributed by atoms with E-state index in [2.05, 4.69) is 46.9 Å². The quantitative estimate of drug-likeness (QED) is 0.427. The van der Waals surface area contributed by atoms with Crippen LogP contribution in [0.25, 0.3) is 0 Å². The van der Waals surface area contributed by atoms with E-state index in [0.717, 1.165) is 22.0 Å². The lowest BCUT2D eigenvalue weighted by Crippen LogP contribution is -2.50. The van der Waals surface area contributed by atoms with Gasteiger partial charge >= 0.3 is 0 Å². The first-order valence-corrected chi connectivity index (χ1v) is 10.4. The Morgan fingerprint density at radius 1 is 0.885 bits per heavy atom. The summed E-state index contributed by atoms with van der Waals surface area (Å²) in [6.07, 6.45) is 0.224. The van der Waals surface area contributed by atoms with Crippen molar-refractivity contribution in [1.82, 2.24) is 0 Å². The molecule has 140 valence electrons. The van der Waals surface area contributed by atoms with Crippen molar-refractivity contribution in [1.29, 1.82) is 0 Å². The maximum absolute atomic E-state index is 6.18. The number of hydrogen-bond acceptors (Lipinski definition) is 4. The highest BCUT2D eigenvalue weighted by molar-refractivity contribution is 14.1. The smallest absolute Gasteiger partial charge is 0.183 e. The van der Waals surface area contributed by atoms with Crippen molar-refractivity contribution in [2.75, 3.05) is 11.5 Å². The summed E-state index contributed by atoms with van der Waals surface area (Å²) >= 11 is 2.34. The molecule has 3 rings (SSSR count). The maximum atomic E-state index is 6.18. The normalized spacial score (nSPS) is 25.9. The van der Waals surface area contributed by atoms with Crippen molar-refractivity contribution in [2.45, 2.75) is 44.2 Å². The van der Waals surface area contributed by atoms with Gasteiger partial charge in [0, 0.05) is 18.0 Å². The SMILES string of the molecule is CO[C@H]1O[C@H](CI)[C@@H](OCc2ccccc2)C[C@@H]1OCc1ccccc1. The van der Waals surface area contributed by atoms with Crippen molar-refractivity contribution in [3.05, 3.63) is 71.8 Å². The third-order valence-electron chi connectivity index (χ3n) is 4.49. The summed E-state index contributed by atoms with van der Waals surface area (Å²) < 4.78 is 24.8. The van der Waals surface area contributed by atoms with E-state index in [1.807, 2.05) is 36.4 Å². The summed E-state index contributed by atoms with van der Waals surface area (Å²) in [5, 5.41) is 0. The zero-order valence-electron chi connectivity index (χ0n) is 14.9. The fourth-order valence-electron chi connectivity index (χ4n) is 3.06. The van der Waals surface area contributed by atoms with Crippen molar-refractivity contribution < 1.29 is 18.9 Å². The Balaban J connectivity index is 1.60. The molecule has 0 N–H and O–H groups in total. The summed E-state index contributed by atoms with van der Waals surface area (Å²) in [6.45, 7) is 1.11. The van der Waals surface area contributed by atoms with Crippen LogP contribution in [0.4, 0.5) is 0 Å². The Bertz CT molecular complexity index is 581.